The SMILES string of the molecule is COc1ccc(CCc2ncc(C)o2)cc1N. The van der Waals surface area contributed by atoms with Gasteiger partial charge in [0.1, 0.15) is 11.5 Å². The van der Waals surface area contributed by atoms with Crippen LogP contribution >= 0.6 is 0 Å². The molecule has 4 heteroatoms. The first-order chi connectivity index (χ1) is 8.19. The maximum atomic E-state index is 5.84. The van der Waals surface area contributed by atoms with Gasteiger partial charge < -0.3 is 14.9 Å². The summed E-state index contributed by atoms with van der Waals surface area (Å²) in [5, 5.41) is 0. The third-order valence-corrected chi connectivity index (χ3v) is 2.59. The highest BCUT2D eigenvalue weighted by Gasteiger charge is 2.04. The normalized spacial score (nSPS) is 10.5. The maximum Gasteiger partial charge on any atom is 0.194 e. The maximum absolute atomic E-state index is 5.84. The van der Waals surface area contributed by atoms with Crippen molar-refractivity contribution in [1.29, 1.82) is 0 Å². The molecule has 1 aromatic carbocycles. The van der Waals surface area contributed by atoms with Crippen molar-refractivity contribution >= 4 is 5.69 Å². The van der Waals surface area contributed by atoms with Crippen LogP contribution in [0.4, 0.5) is 5.69 Å². The number of aromatic nitrogens is 1. The number of rotatable bonds is 4. The van der Waals surface area contributed by atoms with Crippen molar-refractivity contribution in [3.63, 3.8) is 0 Å². The molecule has 0 spiro atoms. The average Bonchev–Trinajstić information content (AvgIpc) is 2.73. The van der Waals surface area contributed by atoms with Crippen LogP contribution in [0.5, 0.6) is 5.75 Å². The van der Waals surface area contributed by atoms with Crippen LogP contribution in [0.2, 0.25) is 0 Å². The Kier molecular flexibility index (Phi) is 3.32. The molecule has 90 valence electrons. The Morgan fingerprint density at radius 1 is 1.35 bits per heavy atom. The predicted molar refractivity (Wildman–Crippen MR) is 66.1 cm³/mol. The minimum atomic E-state index is 0.661. The molecule has 0 aliphatic rings. The Bertz CT molecular complexity index is 506. The Morgan fingerprint density at radius 3 is 2.76 bits per heavy atom. The van der Waals surface area contributed by atoms with Crippen molar-refractivity contribution in [2.24, 2.45) is 0 Å². The van der Waals surface area contributed by atoms with E-state index in [-0.39, 0.29) is 0 Å². The number of nitrogens with two attached hydrogens (primary N) is 1. The van der Waals surface area contributed by atoms with Crippen LogP contribution in [0.15, 0.2) is 28.8 Å². The monoisotopic (exact) mass is 232 g/mol. The minimum Gasteiger partial charge on any atom is -0.495 e. The fourth-order valence-corrected chi connectivity index (χ4v) is 1.71. The molecule has 0 bridgehead atoms. The molecule has 4 nitrogen and oxygen atoms in total. The van der Waals surface area contributed by atoms with Crippen molar-refractivity contribution in [3.8, 4) is 5.75 Å². The lowest BCUT2D eigenvalue weighted by molar-refractivity contribution is 0.417. The van der Waals surface area contributed by atoms with E-state index in [1.165, 1.54) is 0 Å². The molecule has 0 fully saturated rings. The summed E-state index contributed by atoms with van der Waals surface area (Å²) < 4.78 is 10.5. The van der Waals surface area contributed by atoms with Crippen LogP contribution in [0.25, 0.3) is 0 Å². The number of nitrogen functional groups attached to an aromatic ring is 1. The molecule has 2 aromatic rings. The molecule has 17 heavy (non-hydrogen) atoms. The van der Waals surface area contributed by atoms with Crippen LogP contribution < -0.4 is 10.5 Å². The van der Waals surface area contributed by atoms with E-state index in [0.29, 0.717) is 11.4 Å². The topological polar surface area (TPSA) is 61.3 Å². The highest BCUT2D eigenvalue weighted by atomic mass is 16.5. The van der Waals surface area contributed by atoms with Crippen LogP contribution in [-0.2, 0) is 12.8 Å². The molecule has 1 aromatic heterocycles. The number of hydrogen-bond donors (Lipinski definition) is 1. The molecular weight excluding hydrogens is 216 g/mol. The first-order valence-corrected chi connectivity index (χ1v) is 5.52. The number of anilines is 1. The lowest BCUT2D eigenvalue weighted by Gasteiger charge is -2.06. The van der Waals surface area contributed by atoms with Gasteiger partial charge in [0.05, 0.1) is 19.0 Å². The number of aryl methyl sites for hydroxylation is 3. The van der Waals surface area contributed by atoms with Gasteiger partial charge in [-0.15, -0.1) is 0 Å². The van der Waals surface area contributed by atoms with Gasteiger partial charge in [0.25, 0.3) is 0 Å². The number of hydrogen-bond acceptors (Lipinski definition) is 4. The zero-order valence-corrected chi connectivity index (χ0v) is 10.1. The third kappa shape index (κ3) is 2.78. The summed E-state index contributed by atoms with van der Waals surface area (Å²) >= 11 is 0. The Morgan fingerprint density at radius 2 is 2.18 bits per heavy atom. The molecular formula is C13H16N2O2. The number of nitrogens with zero attached hydrogens (tertiary/aromatic N) is 1. The fourth-order valence-electron chi connectivity index (χ4n) is 1.71. The highest BCUT2D eigenvalue weighted by Crippen LogP contribution is 2.22. The molecule has 1 heterocycles. The van der Waals surface area contributed by atoms with Crippen LogP contribution in [0.3, 0.4) is 0 Å². The predicted octanol–water partition coefficient (Wildman–Crippen LogP) is 2.36. The molecule has 0 atom stereocenters. The van der Waals surface area contributed by atoms with Gasteiger partial charge in [-0.1, -0.05) is 6.07 Å². The van der Waals surface area contributed by atoms with Gasteiger partial charge in [0, 0.05) is 6.42 Å². The molecule has 0 amide bonds. The van der Waals surface area contributed by atoms with Crippen molar-refractivity contribution in [2.45, 2.75) is 19.8 Å². The van der Waals surface area contributed by atoms with E-state index in [2.05, 4.69) is 4.98 Å². The second-order valence-corrected chi connectivity index (χ2v) is 3.94. The molecule has 0 radical (unpaired) electrons. The lowest BCUT2D eigenvalue weighted by atomic mass is 10.1. The Balaban J connectivity index is 2.02. The first-order valence-electron chi connectivity index (χ1n) is 5.52. The van der Waals surface area contributed by atoms with Crippen LogP contribution in [0.1, 0.15) is 17.2 Å². The van der Waals surface area contributed by atoms with Gasteiger partial charge in [-0.3, -0.25) is 0 Å². The number of ether oxygens (including phenoxy) is 1. The summed E-state index contributed by atoms with van der Waals surface area (Å²) in [6.45, 7) is 1.89. The fraction of sp³-hybridized carbons (Fsp3) is 0.308. The minimum absolute atomic E-state index is 0.661. The number of methoxy groups -OCH3 is 1. The van der Waals surface area contributed by atoms with Gasteiger partial charge in [-0.25, -0.2) is 4.98 Å². The van der Waals surface area contributed by atoms with Crippen LogP contribution in [-0.4, -0.2) is 12.1 Å². The van der Waals surface area contributed by atoms with Crippen molar-refractivity contribution in [3.05, 3.63) is 41.6 Å². The summed E-state index contributed by atoms with van der Waals surface area (Å²) in [7, 11) is 1.61. The Labute approximate surface area is 100 Å². The Hall–Kier alpha value is -1.97. The first kappa shape index (κ1) is 11.5. The van der Waals surface area contributed by atoms with E-state index in [1.54, 1.807) is 13.3 Å². The summed E-state index contributed by atoms with van der Waals surface area (Å²) in [5.74, 6) is 2.31. The molecule has 0 saturated carbocycles. The van der Waals surface area contributed by atoms with E-state index in [1.807, 2.05) is 25.1 Å². The van der Waals surface area contributed by atoms with Crippen molar-refractivity contribution in [2.75, 3.05) is 12.8 Å². The van der Waals surface area contributed by atoms with Gasteiger partial charge in [0.15, 0.2) is 5.89 Å². The molecule has 2 rings (SSSR count). The summed E-state index contributed by atoms with van der Waals surface area (Å²) in [4.78, 5) is 4.16. The van der Waals surface area contributed by atoms with Gasteiger partial charge >= 0.3 is 0 Å². The molecule has 0 aliphatic carbocycles. The standard InChI is InChI=1S/C13H16N2O2/c1-9-8-15-13(17-9)6-4-10-3-5-12(16-2)11(14)7-10/h3,5,7-8H,4,6,14H2,1-2H3. The van der Waals surface area contributed by atoms with Crippen LogP contribution in [0, 0.1) is 6.92 Å². The van der Waals surface area contributed by atoms with Gasteiger partial charge in [-0.2, -0.15) is 0 Å². The van der Waals surface area contributed by atoms with Gasteiger partial charge in [0.2, 0.25) is 0 Å². The average molecular weight is 232 g/mol. The summed E-state index contributed by atoms with van der Waals surface area (Å²) in [6.07, 6.45) is 3.37. The summed E-state index contributed by atoms with van der Waals surface area (Å²) in [6, 6.07) is 5.81. The van der Waals surface area contributed by atoms with Gasteiger partial charge in [-0.05, 0) is 31.0 Å². The van der Waals surface area contributed by atoms with Crippen molar-refractivity contribution in [1.82, 2.24) is 4.98 Å². The number of benzene rings is 1. The number of oxazole rings is 1. The molecule has 0 unspecified atom stereocenters. The zero-order valence-electron chi connectivity index (χ0n) is 10.1. The van der Waals surface area contributed by atoms with E-state index < -0.39 is 0 Å². The zero-order chi connectivity index (χ0) is 12.3. The lowest BCUT2D eigenvalue weighted by Crippen LogP contribution is -1.96. The second-order valence-electron chi connectivity index (χ2n) is 3.94. The largest absolute Gasteiger partial charge is 0.495 e. The smallest absolute Gasteiger partial charge is 0.194 e. The second kappa shape index (κ2) is 4.91. The molecule has 2 N–H and O–H groups in total. The third-order valence-electron chi connectivity index (χ3n) is 2.59. The molecule has 0 saturated heterocycles. The quantitative estimate of drug-likeness (QED) is 0.822. The summed E-state index contributed by atoms with van der Waals surface area (Å²) in [5.41, 5.74) is 7.65. The van der Waals surface area contributed by atoms with E-state index in [4.69, 9.17) is 14.9 Å². The van der Waals surface area contributed by atoms with Crippen molar-refractivity contribution < 1.29 is 9.15 Å². The van der Waals surface area contributed by atoms with E-state index in [0.717, 1.165) is 30.1 Å². The van der Waals surface area contributed by atoms with E-state index >= 15 is 0 Å². The van der Waals surface area contributed by atoms with E-state index in [9.17, 15) is 0 Å². The molecule has 0 aliphatic heterocycles. The highest BCUT2D eigenvalue weighted by molar-refractivity contribution is 5.54.